The normalized spacial score (nSPS) is 15.1. The van der Waals surface area contributed by atoms with Crippen molar-refractivity contribution in [2.75, 3.05) is 18.6 Å². The van der Waals surface area contributed by atoms with E-state index in [0.717, 1.165) is 6.42 Å². The van der Waals surface area contributed by atoms with E-state index in [9.17, 15) is 14.7 Å². The van der Waals surface area contributed by atoms with Crippen LogP contribution in [-0.2, 0) is 9.53 Å². The van der Waals surface area contributed by atoms with E-state index in [2.05, 4.69) is 4.74 Å². The van der Waals surface area contributed by atoms with Crippen molar-refractivity contribution in [1.82, 2.24) is 0 Å². The van der Waals surface area contributed by atoms with Gasteiger partial charge in [0.05, 0.1) is 7.11 Å². The zero-order chi connectivity index (χ0) is 12.4. The van der Waals surface area contributed by atoms with Crippen LogP contribution in [0.4, 0.5) is 5.69 Å². The van der Waals surface area contributed by atoms with Crippen molar-refractivity contribution >= 4 is 17.6 Å². The van der Waals surface area contributed by atoms with Gasteiger partial charge in [-0.25, -0.2) is 4.79 Å². The predicted octanol–water partition coefficient (Wildman–Crippen LogP) is 1.31. The maximum absolute atomic E-state index is 11.5. The van der Waals surface area contributed by atoms with Gasteiger partial charge in [0, 0.05) is 24.7 Å². The molecule has 0 aliphatic carbocycles. The monoisotopic (exact) mass is 235 g/mol. The lowest BCUT2D eigenvalue weighted by Gasteiger charge is -2.16. The van der Waals surface area contributed by atoms with Crippen LogP contribution in [0.5, 0.6) is 5.75 Å². The minimum atomic E-state index is -0.596. The van der Waals surface area contributed by atoms with Crippen molar-refractivity contribution in [3.8, 4) is 5.75 Å². The Morgan fingerprint density at radius 3 is 2.76 bits per heavy atom. The zero-order valence-corrected chi connectivity index (χ0v) is 9.47. The molecule has 1 saturated heterocycles. The molecular formula is C12H13NO4. The van der Waals surface area contributed by atoms with Crippen molar-refractivity contribution in [2.45, 2.75) is 12.8 Å². The van der Waals surface area contributed by atoms with Crippen LogP contribution in [0.2, 0.25) is 0 Å². The van der Waals surface area contributed by atoms with Crippen LogP contribution in [0.1, 0.15) is 23.2 Å². The van der Waals surface area contributed by atoms with Crippen molar-refractivity contribution < 1.29 is 19.4 Å². The van der Waals surface area contributed by atoms with Crippen LogP contribution in [0.15, 0.2) is 18.2 Å². The third-order valence-electron chi connectivity index (χ3n) is 2.77. The molecule has 2 rings (SSSR count). The van der Waals surface area contributed by atoms with E-state index in [4.69, 9.17) is 0 Å². The van der Waals surface area contributed by atoms with Crippen LogP contribution in [0.25, 0.3) is 0 Å². The molecule has 0 unspecified atom stereocenters. The number of hydrogen-bond donors (Lipinski definition) is 1. The molecule has 5 nitrogen and oxygen atoms in total. The van der Waals surface area contributed by atoms with Gasteiger partial charge in [0.2, 0.25) is 5.91 Å². The van der Waals surface area contributed by atoms with Gasteiger partial charge in [-0.2, -0.15) is 0 Å². The van der Waals surface area contributed by atoms with E-state index < -0.39 is 5.97 Å². The largest absolute Gasteiger partial charge is 0.507 e. The molecule has 1 heterocycles. The van der Waals surface area contributed by atoms with Crippen molar-refractivity contribution in [2.24, 2.45) is 0 Å². The van der Waals surface area contributed by atoms with Crippen LogP contribution in [-0.4, -0.2) is 30.6 Å². The Bertz CT molecular complexity index is 470. The van der Waals surface area contributed by atoms with Gasteiger partial charge in [-0.05, 0) is 18.6 Å². The number of ether oxygens (including phenoxy) is 1. The second-order valence-corrected chi connectivity index (χ2v) is 3.84. The van der Waals surface area contributed by atoms with Gasteiger partial charge >= 0.3 is 5.97 Å². The van der Waals surface area contributed by atoms with Gasteiger partial charge in [0.1, 0.15) is 11.3 Å². The number of carbonyl (C=O) groups is 2. The molecule has 0 atom stereocenters. The van der Waals surface area contributed by atoms with E-state index >= 15 is 0 Å². The molecule has 17 heavy (non-hydrogen) atoms. The first-order valence-corrected chi connectivity index (χ1v) is 5.35. The number of hydrogen-bond acceptors (Lipinski definition) is 4. The maximum atomic E-state index is 11.5. The second-order valence-electron chi connectivity index (χ2n) is 3.84. The summed E-state index contributed by atoms with van der Waals surface area (Å²) in [6, 6.07) is 4.51. The number of methoxy groups -OCH3 is 1. The summed E-state index contributed by atoms with van der Waals surface area (Å²) < 4.78 is 4.52. The third-order valence-corrected chi connectivity index (χ3v) is 2.77. The summed E-state index contributed by atoms with van der Waals surface area (Å²) in [5, 5.41) is 9.70. The number of carbonyl (C=O) groups excluding carboxylic acids is 2. The summed E-state index contributed by atoms with van der Waals surface area (Å²) in [5.74, 6) is -0.730. The molecule has 0 radical (unpaired) electrons. The van der Waals surface area contributed by atoms with Gasteiger partial charge in [0.15, 0.2) is 0 Å². The Morgan fingerprint density at radius 1 is 1.47 bits per heavy atom. The topological polar surface area (TPSA) is 66.8 Å². The van der Waals surface area contributed by atoms with E-state index in [1.165, 1.54) is 19.2 Å². The molecule has 90 valence electrons. The molecular weight excluding hydrogens is 222 g/mol. The molecule has 0 saturated carbocycles. The molecule has 1 aromatic carbocycles. The average molecular weight is 235 g/mol. The SMILES string of the molecule is COC(=O)c1ccc(N2CCCC2=O)cc1O. The first kappa shape index (κ1) is 11.4. The lowest BCUT2D eigenvalue weighted by atomic mass is 10.1. The second kappa shape index (κ2) is 4.45. The fraction of sp³-hybridized carbons (Fsp3) is 0.333. The van der Waals surface area contributed by atoms with E-state index in [0.29, 0.717) is 18.7 Å². The number of benzene rings is 1. The average Bonchev–Trinajstić information content (AvgIpc) is 2.74. The number of phenolic OH excluding ortho intramolecular Hbond substituents is 1. The summed E-state index contributed by atoms with van der Waals surface area (Å²) in [6.45, 7) is 0.649. The molecule has 1 amide bonds. The number of amides is 1. The Balaban J connectivity index is 2.30. The van der Waals surface area contributed by atoms with Crippen molar-refractivity contribution in [3.63, 3.8) is 0 Å². The molecule has 1 aliphatic heterocycles. The summed E-state index contributed by atoms with van der Waals surface area (Å²) >= 11 is 0. The summed E-state index contributed by atoms with van der Waals surface area (Å²) in [5.41, 5.74) is 0.709. The van der Waals surface area contributed by atoms with Crippen LogP contribution >= 0.6 is 0 Å². The standard InChI is InChI=1S/C12H13NO4/c1-17-12(16)9-5-4-8(7-10(9)14)13-6-2-3-11(13)15/h4-5,7,14H,2-3,6H2,1H3. The highest BCUT2D eigenvalue weighted by Crippen LogP contribution is 2.28. The highest BCUT2D eigenvalue weighted by Gasteiger charge is 2.23. The van der Waals surface area contributed by atoms with Crippen LogP contribution in [0, 0.1) is 0 Å². The summed E-state index contributed by atoms with van der Waals surface area (Å²) in [6.07, 6.45) is 1.35. The Hall–Kier alpha value is -2.04. The first-order valence-electron chi connectivity index (χ1n) is 5.35. The highest BCUT2D eigenvalue weighted by molar-refractivity contribution is 5.97. The molecule has 1 aliphatic rings. The van der Waals surface area contributed by atoms with Gasteiger partial charge < -0.3 is 14.7 Å². The number of nitrogens with zero attached hydrogens (tertiary/aromatic N) is 1. The Morgan fingerprint density at radius 2 is 2.24 bits per heavy atom. The van der Waals surface area contributed by atoms with Crippen molar-refractivity contribution in [1.29, 1.82) is 0 Å². The zero-order valence-electron chi connectivity index (χ0n) is 9.47. The highest BCUT2D eigenvalue weighted by atomic mass is 16.5. The van der Waals surface area contributed by atoms with Gasteiger partial charge in [-0.3, -0.25) is 4.79 Å². The summed E-state index contributed by atoms with van der Waals surface area (Å²) in [4.78, 5) is 24.4. The molecule has 0 aromatic heterocycles. The Labute approximate surface area is 98.6 Å². The predicted molar refractivity (Wildman–Crippen MR) is 61.0 cm³/mol. The minimum Gasteiger partial charge on any atom is -0.507 e. The quantitative estimate of drug-likeness (QED) is 0.785. The number of esters is 1. The van der Waals surface area contributed by atoms with Crippen LogP contribution in [0.3, 0.4) is 0 Å². The number of phenols is 1. The first-order chi connectivity index (χ1) is 8.13. The van der Waals surface area contributed by atoms with E-state index in [1.54, 1.807) is 11.0 Å². The van der Waals surface area contributed by atoms with Gasteiger partial charge in [-0.1, -0.05) is 0 Å². The smallest absolute Gasteiger partial charge is 0.341 e. The fourth-order valence-electron chi connectivity index (χ4n) is 1.89. The maximum Gasteiger partial charge on any atom is 0.341 e. The molecule has 1 N–H and O–H groups in total. The molecule has 5 heteroatoms. The lowest BCUT2D eigenvalue weighted by molar-refractivity contribution is -0.117. The van der Waals surface area contributed by atoms with Crippen LogP contribution < -0.4 is 4.90 Å². The number of aromatic hydroxyl groups is 1. The number of anilines is 1. The molecule has 1 aromatic rings. The summed E-state index contributed by atoms with van der Waals surface area (Å²) in [7, 11) is 1.25. The fourth-order valence-corrected chi connectivity index (χ4v) is 1.89. The minimum absolute atomic E-state index is 0.0372. The van der Waals surface area contributed by atoms with Gasteiger partial charge in [0.25, 0.3) is 0 Å². The molecule has 0 spiro atoms. The number of rotatable bonds is 2. The van der Waals surface area contributed by atoms with Gasteiger partial charge in [-0.15, -0.1) is 0 Å². The van der Waals surface area contributed by atoms with Crippen molar-refractivity contribution in [3.05, 3.63) is 23.8 Å². The van der Waals surface area contributed by atoms with E-state index in [1.807, 2.05) is 0 Å². The third kappa shape index (κ3) is 2.08. The van der Waals surface area contributed by atoms with E-state index in [-0.39, 0.29) is 17.2 Å². The lowest BCUT2D eigenvalue weighted by Crippen LogP contribution is -2.23. The Kier molecular flexibility index (Phi) is 2.99. The molecule has 1 fully saturated rings. The molecule has 0 bridgehead atoms.